The molecule has 0 aliphatic carbocycles. The monoisotopic (exact) mass is 402 g/mol. The van der Waals surface area contributed by atoms with E-state index in [1.165, 1.54) is 0 Å². The van der Waals surface area contributed by atoms with Crippen LogP contribution in [0.15, 0.2) is 24.3 Å². The first-order valence-corrected chi connectivity index (χ1v) is 10.8. The number of rotatable bonds is 4. The van der Waals surface area contributed by atoms with Crippen LogP contribution in [0.1, 0.15) is 32.6 Å². The summed E-state index contributed by atoms with van der Waals surface area (Å²) in [6.07, 6.45) is 2.75. The van der Waals surface area contributed by atoms with Crippen LogP contribution in [0.3, 0.4) is 0 Å². The van der Waals surface area contributed by atoms with E-state index in [4.69, 9.17) is 5.73 Å². The number of primary amides is 1. The third-order valence-electron chi connectivity index (χ3n) is 6.15. The molecule has 7 nitrogen and oxygen atoms in total. The number of para-hydroxylation sites is 2. The molecule has 1 aromatic carbocycles. The van der Waals surface area contributed by atoms with Gasteiger partial charge in [-0.05, 0) is 38.3 Å². The molecule has 0 radical (unpaired) electrons. The summed E-state index contributed by atoms with van der Waals surface area (Å²) in [5.74, 6) is 0.242. The molecular weight excluding hydrogens is 376 g/mol. The summed E-state index contributed by atoms with van der Waals surface area (Å²) in [5.41, 5.74) is 7.12. The molecule has 1 aromatic rings. The van der Waals surface area contributed by atoms with Gasteiger partial charge in [0.25, 0.3) is 0 Å². The number of carbonyl (C=O) groups excluding carboxylic acids is 3. The quantitative estimate of drug-likeness (QED) is 0.800. The number of thioether (sulfide) groups is 1. The molecule has 150 valence electrons. The van der Waals surface area contributed by atoms with Gasteiger partial charge in [-0.1, -0.05) is 12.1 Å². The molecule has 2 unspecified atom stereocenters. The maximum absolute atomic E-state index is 13.0. The molecule has 3 saturated heterocycles. The van der Waals surface area contributed by atoms with Crippen LogP contribution in [0.4, 0.5) is 11.4 Å². The predicted molar refractivity (Wildman–Crippen MR) is 110 cm³/mol. The zero-order chi connectivity index (χ0) is 19.9. The van der Waals surface area contributed by atoms with Crippen LogP contribution < -0.4 is 16.0 Å². The number of hydrogen-bond donors (Lipinski definition) is 2. The Labute approximate surface area is 169 Å². The largest absolute Gasteiger partial charge is 0.370 e. The Bertz CT molecular complexity index is 808. The van der Waals surface area contributed by atoms with Gasteiger partial charge in [0.1, 0.15) is 6.04 Å². The molecule has 4 rings (SSSR count). The van der Waals surface area contributed by atoms with E-state index in [0.29, 0.717) is 12.2 Å². The minimum atomic E-state index is -0.432. The third kappa shape index (κ3) is 3.34. The number of nitrogens with zero attached hydrogens (tertiary/aromatic N) is 2. The summed E-state index contributed by atoms with van der Waals surface area (Å²) in [5, 5.41) is 3.05. The topological polar surface area (TPSA) is 95.7 Å². The van der Waals surface area contributed by atoms with Crippen LogP contribution in [-0.2, 0) is 14.4 Å². The molecule has 8 heteroatoms. The zero-order valence-electron chi connectivity index (χ0n) is 16.0. The van der Waals surface area contributed by atoms with Crippen LogP contribution in [-0.4, -0.2) is 52.4 Å². The molecule has 0 saturated carbocycles. The molecule has 3 amide bonds. The Morgan fingerprint density at radius 1 is 1.25 bits per heavy atom. The fourth-order valence-corrected chi connectivity index (χ4v) is 5.92. The third-order valence-corrected chi connectivity index (χ3v) is 7.65. The standard InChI is InChI=1S/C20H26N4O3S/c1-20-9-6-17(25)24(20)16(12-28-20)19(27)22-14-4-2-3-5-15(14)23-10-7-13(8-11-23)18(21)26/h2-5,13,16H,6-12H2,1H3,(H2,21,26)(H,22,27). The summed E-state index contributed by atoms with van der Waals surface area (Å²) in [6, 6.07) is 7.27. The molecule has 2 atom stereocenters. The number of nitrogens with two attached hydrogens (primary N) is 1. The van der Waals surface area contributed by atoms with E-state index < -0.39 is 6.04 Å². The predicted octanol–water partition coefficient (Wildman–Crippen LogP) is 1.78. The molecule has 3 N–H and O–H groups in total. The Kier molecular flexibility index (Phi) is 4.99. The SMILES string of the molecule is CC12CCC(=O)N1C(C(=O)Nc1ccccc1N1CCC(C(N)=O)CC1)CS2. The van der Waals surface area contributed by atoms with Crippen molar-refractivity contribution in [1.82, 2.24) is 4.90 Å². The Morgan fingerprint density at radius 3 is 2.68 bits per heavy atom. The fraction of sp³-hybridized carbons (Fsp3) is 0.550. The number of carbonyl (C=O) groups is 3. The van der Waals surface area contributed by atoms with Gasteiger partial charge < -0.3 is 20.9 Å². The molecule has 3 aliphatic rings. The smallest absolute Gasteiger partial charge is 0.248 e. The van der Waals surface area contributed by atoms with E-state index in [0.717, 1.165) is 43.7 Å². The highest BCUT2D eigenvalue weighted by Gasteiger charge is 2.52. The molecule has 3 aliphatic heterocycles. The summed E-state index contributed by atoms with van der Waals surface area (Å²) < 4.78 is 0. The van der Waals surface area contributed by atoms with Crippen molar-refractivity contribution in [2.24, 2.45) is 11.7 Å². The van der Waals surface area contributed by atoms with Crippen molar-refractivity contribution < 1.29 is 14.4 Å². The number of nitrogens with one attached hydrogen (secondary N) is 1. The van der Waals surface area contributed by atoms with Crippen LogP contribution in [0, 0.1) is 5.92 Å². The Balaban J connectivity index is 1.48. The average Bonchev–Trinajstić information content (AvgIpc) is 3.18. The van der Waals surface area contributed by atoms with Crippen LogP contribution >= 0.6 is 11.8 Å². The summed E-state index contributed by atoms with van der Waals surface area (Å²) in [7, 11) is 0. The van der Waals surface area contributed by atoms with Crippen molar-refractivity contribution >= 4 is 40.9 Å². The van der Waals surface area contributed by atoms with Gasteiger partial charge in [-0.3, -0.25) is 14.4 Å². The summed E-state index contributed by atoms with van der Waals surface area (Å²) in [6.45, 7) is 3.50. The lowest BCUT2D eigenvalue weighted by Gasteiger charge is -2.34. The van der Waals surface area contributed by atoms with E-state index >= 15 is 0 Å². The van der Waals surface area contributed by atoms with Gasteiger partial charge in [0.2, 0.25) is 17.7 Å². The van der Waals surface area contributed by atoms with Crippen molar-refractivity contribution in [2.75, 3.05) is 29.1 Å². The van der Waals surface area contributed by atoms with Crippen molar-refractivity contribution in [1.29, 1.82) is 0 Å². The lowest BCUT2D eigenvalue weighted by Crippen LogP contribution is -2.48. The summed E-state index contributed by atoms with van der Waals surface area (Å²) in [4.78, 5) is 40.5. The number of hydrogen-bond acceptors (Lipinski definition) is 5. The van der Waals surface area contributed by atoms with E-state index in [2.05, 4.69) is 10.2 Å². The van der Waals surface area contributed by atoms with Gasteiger partial charge in [-0.2, -0.15) is 0 Å². The molecular formula is C20H26N4O3S. The highest BCUT2D eigenvalue weighted by Crippen LogP contribution is 2.47. The minimum Gasteiger partial charge on any atom is -0.370 e. The fourth-order valence-electron chi connectivity index (χ4n) is 4.49. The lowest BCUT2D eigenvalue weighted by atomic mass is 9.96. The van der Waals surface area contributed by atoms with E-state index in [1.54, 1.807) is 16.7 Å². The van der Waals surface area contributed by atoms with Gasteiger partial charge in [-0.15, -0.1) is 11.8 Å². The van der Waals surface area contributed by atoms with Gasteiger partial charge in [0.15, 0.2) is 0 Å². The molecule has 28 heavy (non-hydrogen) atoms. The normalized spacial score (nSPS) is 27.8. The minimum absolute atomic E-state index is 0.0643. The molecule has 3 fully saturated rings. The first-order valence-electron chi connectivity index (χ1n) is 9.79. The molecule has 0 spiro atoms. The molecule has 3 heterocycles. The zero-order valence-corrected chi connectivity index (χ0v) is 16.8. The van der Waals surface area contributed by atoms with Gasteiger partial charge in [0, 0.05) is 31.2 Å². The highest BCUT2D eigenvalue weighted by atomic mass is 32.2. The van der Waals surface area contributed by atoms with Crippen LogP contribution in [0.5, 0.6) is 0 Å². The maximum Gasteiger partial charge on any atom is 0.248 e. The Hall–Kier alpha value is -2.22. The maximum atomic E-state index is 13.0. The molecule has 0 bridgehead atoms. The Morgan fingerprint density at radius 2 is 1.96 bits per heavy atom. The van der Waals surface area contributed by atoms with E-state index in [1.807, 2.05) is 31.2 Å². The van der Waals surface area contributed by atoms with Crippen molar-refractivity contribution in [3.8, 4) is 0 Å². The van der Waals surface area contributed by atoms with Crippen molar-refractivity contribution in [2.45, 2.75) is 43.5 Å². The van der Waals surface area contributed by atoms with Gasteiger partial charge >= 0.3 is 0 Å². The number of piperidine rings is 1. The van der Waals surface area contributed by atoms with E-state index in [9.17, 15) is 14.4 Å². The summed E-state index contributed by atoms with van der Waals surface area (Å²) >= 11 is 1.69. The second-order valence-corrected chi connectivity index (χ2v) is 9.44. The number of amides is 3. The van der Waals surface area contributed by atoms with Gasteiger partial charge in [0.05, 0.1) is 16.2 Å². The number of anilines is 2. The van der Waals surface area contributed by atoms with Crippen LogP contribution in [0.2, 0.25) is 0 Å². The van der Waals surface area contributed by atoms with Crippen LogP contribution in [0.25, 0.3) is 0 Å². The average molecular weight is 403 g/mol. The highest BCUT2D eigenvalue weighted by molar-refractivity contribution is 8.01. The number of fused-ring (bicyclic) bond motifs is 1. The first kappa shape index (κ1) is 19.1. The van der Waals surface area contributed by atoms with Gasteiger partial charge in [-0.25, -0.2) is 0 Å². The molecule has 0 aromatic heterocycles. The second kappa shape index (κ2) is 7.31. The van der Waals surface area contributed by atoms with Crippen molar-refractivity contribution in [3.05, 3.63) is 24.3 Å². The first-order chi connectivity index (χ1) is 13.4. The number of benzene rings is 1. The van der Waals surface area contributed by atoms with E-state index in [-0.39, 0.29) is 28.5 Å². The second-order valence-electron chi connectivity index (χ2n) is 7.94. The van der Waals surface area contributed by atoms with Crippen molar-refractivity contribution in [3.63, 3.8) is 0 Å². The lowest BCUT2D eigenvalue weighted by molar-refractivity contribution is -0.135.